The van der Waals surface area contributed by atoms with Crippen LogP contribution in [-0.2, 0) is 0 Å². The summed E-state index contributed by atoms with van der Waals surface area (Å²) in [6.45, 7) is 3.51. The predicted molar refractivity (Wildman–Crippen MR) is 78.9 cm³/mol. The van der Waals surface area contributed by atoms with Crippen molar-refractivity contribution in [2.24, 2.45) is 0 Å². The first kappa shape index (κ1) is 14.6. The Balaban J connectivity index is 2.32. The molecular formula is C16H15NO4. The number of aromatic hydroxyl groups is 1. The maximum atomic E-state index is 12.1. The van der Waals surface area contributed by atoms with Gasteiger partial charge in [-0.15, -0.1) is 0 Å². The van der Waals surface area contributed by atoms with Gasteiger partial charge in [0.1, 0.15) is 5.75 Å². The lowest BCUT2D eigenvalue weighted by Crippen LogP contribution is -2.13. The maximum Gasteiger partial charge on any atom is 0.336 e. The highest BCUT2D eigenvalue weighted by atomic mass is 16.4. The maximum absolute atomic E-state index is 12.1. The molecule has 0 aliphatic carbocycles. The number of benzene rings is 2. The lowest BCUT2D eigenvalue weighted by Gasteiger charge is -2.11. The number of aryl methyl sites for hydroxylation is 1. The van der Waals surface area contributed by atoms with E-state index in [0.717, 1.165) is 5.56 Å². The molecule has 0 radical (unpaired) electrons. The summed E-state index contributed by atoms with van der Waals surface area (Å²) in [5.41, 5.74) is 2.30. The van der Waals surface area contributed by atoms with E-state index in [0.29, 0.717) is 16.8 Å². The van der Waals surface area contributed by atoms with Crippen LogP contribution in [0, 0.1) is 13.8 Å². The molecule has 5 heteroatoms. The summed E-state index contributed by atoms with van der Waals surface area (Å²) in [5.74, 6) is -1.46. The SMILES string of the molecule is Cc1cc(NC(=O)c2cccc(O)c2)cc(C(=O)O)c1C. The zero-order valence-corrected chi connectivity index (χ0v) is 11.7. The van der Waals surface area contributed by atoms with Gasteiger partial charge in [0.2, 0.25) is 0 Å². The Hall–Kier alpha value is -2.82. The number of carboxylic acid groups (broad SMARTS) is 1. The molecule has 0 spiro atoms. The van der Waals surface area contributed by atoms with Gasteiger partial charge in [0.15, 0.2) is 0 Å². The van der Waals surface area contributed by atoms with Gasteiger partial charge < -0.3 is 15.5 Å². The summed E-state index contributed by atoms with van der Waals surface area (Å²) < 4.78 is 0. The lowest BCUT2D eigenvalue weighted by molar-refractivity contribution is 0.0695. The predicted octanol–water partition coefficient (Wildman–Crippen LogP) is 2.96. The van der Waals surface area contributed by atoms with E-state index in [1.807, 2.05) is 0 Å². The van der Waals surface area contributed by atoms with Crippen molar-refractivity contribution < 1.29 is 19.8 Å². The molecule has 0 aromatic heterocycles. The quantitative estimate of drug-likeness (QED) is 0.809. The fourth-order valence-electron chi connectivity index (χ4n) is 2.00. The van der Waals surface area contributed by atoms with E-state index >= 15 is 0 Å². The first-order valence-corrected chi connectivity index (χ1v) is 6.33. The zero-order valence-electron chi connectivity index (χ0n) is 11.7. The van der Waals surface area contributed by atoms with Crippen LogP contribution >= 0.6 is 0 Å². The summed E-state index contributed by atoms with van der Waals surface area (Å²) in [7, 11) is 0. The van der Waals surface area contributed by atoms with Crippen LogP contribution in [0.2, 0.25) is 0 Å². The molecule has 0 fully saturated rings. The number of amides is 1. The van der Waals surface area contributed by atoms with E-state index in [1.54, 1.807) is 32.0 Å². The average Bonchev–Trinajstić information content (AvgIpc) is 2.42. The number of phenolic OH excluding ortho intramolecular Hbond substituents is 1. The number of hydrogen-bond acceptors (Lipinski definition) is 3. The Labute approximate surface area is 121 Å². The summed E-state index contributed by atoms with van der Waals surface area (Å²) in [4.78, 5) is 23.3. The van der Waals surface area contributed by atoms with Gasteiger partial charge in [0, 0.05) is 11.3 Å². The molecule has 0 heterocycles. The number of phenols is 1. The molecule has 1 amide bonds. The van der Waals surface area contributed by atoms with Gasteiger partial charge in [-0.25, -0.2) is 4.79 Å². The minimum atomic E-state index is -1.04. The average molecular weight is 285 g/mol. The Kier molecular flexibility index (Phi) is 3.93. The molecular weight excluding hydrogens is 270 g/mol. The second-order valence-corrected chi connectivity index (χ2v) is 4.78. The van der Waals surface area contributed by atoms with Crippen LogP contribution in [0.4, 0.5) is 5.69 Å². The standard InChI is InChI=1S/C16H15NO4/c1-9-6-12(8-14(10(9)2)16(20)21)17-15(19)11-4-3-5-13(18)7-11/h3-8,18H,1-2H3,(H,17,19)(H,20,21). The monoisotopic (exact) mass is 285 g/mol. The van der Waals surface area contributed by atoms with Gasteiger partial charge in [-0.2, -0.15) is 0 Å². The van der Waals surface area contributed by atoms with Gasteiger partial charge in [-0.05, 0) is 55.3 Å². The van der Waals surface area contributed by atoms with Gasteiger partial charge >= 0.3 is 5.97 Å². The van der Waals surface area contributed by atoms with Crippen molar-refractivity contribution in [2.45, 2.75) is 13.8 Å². The van der Waals surface area contributed by atoms with Gasteiger partial charge in [0.25, 0.3) is 5.91 Å². The van der Waals surface area contributed by atoms with Crippen molar-refractivity contribution in [2.75, 3.05) is 5.32 Å². The van der Waals surface area contributed by atoms with Crippen LogP contribution in [0.25, 0.3) is 0 Å². The van der Waals surface area contributed by atoms with Crippen LogP contribution in [0.15, 0.2) is 36.4 Å². The van der Waals surface area contributed by atoms with Gasteiger partial charge in [-0.3, -0.25) is 4.79 Å². The van der Waals surface area contributed by atoms with Crippen molar-refractivity contribution in [3.63, 3.8) is 0 Å². The van der Waals surface area contributed by atoms with E-state index in [9.17, 15) is 14.7 Å². The topological polar surface area (TPSA) is 86.6 Å². The van der Waals surface area contributed by atoms with Crippen molar-refractivity contribution in [1.29, 1.82) is 0 Å². The Morgan fingerprint density at radius 1 is 1.10 bits per heavy atom. The van der Waals surface area contributed by atoms with E-state index in [-0.39, 0.29) is 11.3 Å². The van der Waals surface area contributed by atoms with Crippen molar-refractivity contribution in [1.82, 2.24) is 0 Å². The van der Waals surface area contributed by atoms with Gasteiger partial charge in [0.05, 0.1) is 5.56 Å². The summed E-state index contributed by atoms with van der Waals surface area (Å²) >= 11 is 0. The molecule has 0 saturated heterocycles. The third-order valence-corrected chi connectivity index (χ3v) is 3.26. The van der Waals surface area contributed by atoms with Crippen LogP contribution in [-0.4, -0.2) is 22.1 Å². The molecule has 0 aliphatic heterocycles. The Morgan fingerprint density at radius 3 is 2.43 bits per heavy atom. The molecule has 2 aromatic rings. The van der Waals surface area contributed by atoms with Crippen molar-refractivity contribution in [3.05, 3.63) is 58.7 Å². The van der Waals surface area contributed by atoms with Crippen LogP contribution in [0.1, 0.15) is 31.8 Å². The molecule has 21 heavy (non-hydrogen) atoms. The summed E-state index contributed by atoms with van der Waals surface area (Å²) in [5, 5.41) is 21.2. The molecule has 0 saturated carbocycles. The fourth-order valence-corrected chi connectivity index (χ4v) is 2.00. The molecule has 0 unspecified atom stereocenters. The first-order valence-electron chi connectivity index (χ1n) is 6.33. The van der Waals surface area contributed by atoms with Crippen LogP contribution < -0.4 is 5.32 Å². The summed E-state index contributed by atoms with van der Waals surface area (Å²) in [6.07, 6.45) is 0. The molecule has 2 rings (SSSR count). The highest BCUT2D eigenvalue weighted by Crippen LogP contribution is 2.21. The smallest absolute Gasteiger partial charge is 0.336 e. The lowest BCUT2D eigenvalue weighted by atomic mass is 10.0. The Morgan fingerprint density at radius 2 is 1.81 bits per heavy atom. The van der Waals surface area contributed by atoms with E-state index in [2.05, 4.69) is 5.32 Å². The zero-order chi connectivity index (χ0) is 15.6. The first-order chi connectivity index (χ1) is 9.88. The third kappa shape index (κ3) is 3.20. The number of aromatic carboxylic acids is 1. The number of carbonyl (C=O) groups excluding carboxylic acids is 1. The molecule has 3 N–H and O–H groups in total. The third-order valence-electron chi connectivity index (χ3n) is 3.26. The normalized spacial score (nSPS) is 10.2. The number of carbonyl (C=O) groups is 2. The van der Waals surface area contributed by atoms with E-state index in [4.69, 9.17) is 5.11 Å². The van der Waals surface area contributed by atoms with Crippen LogP contribution in [0.3, 0.4) is 0 Å². The molecule has 108 valence electrons. The minimum Gasteiger partial charge on any atom is -0.508 e. The minimum absolute atomic E-state index is 0.00559. The Bertz CT molecular complexity index is 722. The second-order valence-electron chi connectivity index (χ2n) is 4.78. The van der Waals surface area contributed by atoms with Crippen molar-refractivity contribution >= 4 is 17.6 Å². The fraction of sp³-hybridized carbons (Fsp3) is 0.125. The molecule has 5 nitrogen and oxygen atoms in total. The van der Waals surface area contributed by atoms with Crippen LogP contribution in [0.5, 0.6) is 5.75 Å². The highest BCUT2D eigenvalue weighted by Gasteiger charge is 2.13. The molecule has 0 aliphatic rings. The number of nitrogens with one attached hydrogen (secondary N) is 1. The molecule has 0 atom stereocenters. The van der Waals surface area contributed by atoms with Gasteiger partial charge in [-0.1, -0.05) is 6.07 Å². The number of rotatable bonds is 3. The molecule has 2 aromatic carbocycles. The largest absolute Gasteiger partial charge is 0.508 e. The number of hydrogen-bond donors (Lipinski definition) is 3. The second kappa shape index (κ2) is 5.66. The van der Waals surface area contributed by atoms with Crippen molar-refractivity contribution in [3.8, 4) is 5.75 Å². The number of anilines is 1. The highest BCUT2D eigenvalue weighted by molar-refractivity contribution is 6.05. The van der Waals surface area contributed by atoms with E-state index in [1.165, 1.54) is 18.2 Å². The number of carboxylic acids is 1. The summed E-state index contributed by atoms with van der Waals surface area (Å²) in [6, 6.07) is 9.07. The molecule has 0 bridgehead atoms. The van der Waals surface area contributed by atoms with E-state index < -0.39 is 11.9 Å².